The molecule has 4 heteroatoms. The largest absolute Gasteiger partial charge is 0.362 e. The molecule has 0 fully saturated rings. The van der Waals surface area contributed by atoms with Crippen LogP contribution in [0.2, 0.25) is 0 Å². The quantitative estimate of drug-likeness (QED) is 0.695. The zero-order valence-corrected chi connectivity index (χ0v) is 7.69. The van der Waals surface area contributed by atoms with Crippen molar-refractivity contribution in [1.82, 2.24) is 15.0 Å². The van der Waals surface area contributed by atoms with Crippen LogP contribution >= 0.6 is 0 Å². The Morgan fingerprint density at radius 2 is 2.31 bits per heavy atom. The first-order valence-corrected chi connectivity index (χ1v) is 4.10. The topological polar surface area (TPSA) is 39.9 Å². The Morgan fingerprint density at radius 1 is 1.46 bits per heavy atom. The number of benzene rings is 1. The maximum absolute atomic E-state index is 4.99. The van der Waals surface area contributed by atoms with Gasteiger partial charge in [-0.2, -0.15) is 0 Å². The minimum absolute atomic E-state index is 0.444. The van der Waals surface area contributed by atoms with Crippen LogP contribution in [0.25, 0.3) is 11.0 Å². The van der Waals surface area contributed by atoms with Crippen molar-refractivity contribution in [2.45, 2.75) is 13.7 Å². The van der Waals surface area contributed by atoms with Crippen molar-refractivity contribution in [3.05, 3.63) is 23.8 Å². The fourth-order valence-electron chi connectivity index (χ4n) is 1.35. The molecular weight excluding hydrogens is 166 g/mol. The zero-order chi connectivity index (χ0) is 9.26. The number of nitrogens with zero attached hydrogens (tertiary/aromatic N) is 3. The number of rotatable bonds is 2. The van der Waals surface area contributed by atoms with Gasteiger partial charge in [-0.25, -0.2) is 4.68 Å². The standard InChI is InChI=1S/C9H11N3O/c1-7-4-3-5-8-9(7)10-11-12(8)6-13-2/h3-5H,6H2,1-2H3. The Morgan fingerprint density at radius 3 is 3.08 bits per heavy atom. The predicted molar refractivity (Wildman–Crippen MR) is 49.3 cm³/mol. The Hall–Kier alpha value is -1.42. The van der Waals surface area contributed by atoms with Crippen LogP contribution in [0.3, 0.4) is 0 Å². The monoisotopic (exact) mass is 177 g/mol. The van der Waals surface area contributed by atoms with E-state index in [4.69, 9.17) is 4.74 Å². The average Bonchev–Trinajstić information content (AvgIpc) is 2.51. The second-order valence-electron chi connectivity index (χ2n) is 2.95. The Bertz CT molecular complexity index is 422. The molecule has 4 nitrogen and oxygen atoms in total. The van der Waals surface area contributed by atoms with Gasteiger partial charge in [-0.05, 0) is 18.6 Å². The third kappa shape index (κ3) is 1.29. The van der Waals surface area contributed by atoms with Crippen molar-refractivity contribution in [2.75, 3.05) is 7.11 Å². The maximum Gasteiger partial charge on any atom is 0.141 e. The summed E-state index contributed by atoms with van der Waals surface area (Å²) >= 11 is 0. The average molecular weight is 177 g/mol. The van der Waals surface area contributed by atoms with E-state index in [2.05, 4.69) is 10.3 Å². The molecule has 1 heterocycles. The molecule has 2 rings (SSSR count). The normalized spacial score (nSPS) is 10.9. The van der Waals surface area contributed by atoms with E-state index >= 15 is 0 Å². The summed E-state index contributed by atoms with van der Waals surface area (Å²) in [5.41, 5.74) is 3.10. The number of aryl methyl sites for hydroxylation is 1. The van der Waals surface area contributed by atoms with Gasteiger partial charge in [0.15, 0.2) is 0 Å². The number of hydrogen-bond donors (Lipinski definition) is 0. The third-order valence-electron chi connectivity index (χ3n) is 2.00. The lowest BCUT2D eigenvalue weighted by atomic mass is 10.2. The SMILES string of the molecule is COCn1nnc2c(C)cccc21. The van der Waals surface area contributed by atoms with Crippen LogP contribution in [-0.2, 0) is 11.5 Å². The highest BCUT2D eigenvalue weighted by atomic mass is 16.5. The van der Waals surface area contributed by atoms with Crippen molar-refractivity contribution >= 4 is 11.0 Å². The summed E-state index contributed by atoms with van der Waals surface area (Å²) < 4.78 is 6.73. The van der Waals surface area contributed by atoms with Gasteiger partial charge in [0.05, 0.1) is 5.52 Å². The number of fused-ring (bicyclic) bond motifs is 1. The smallest absolute Gasteiger partial charge is 0.141 e. The summed E-state index contributed by atoms with van der Waals surface area (Å²) in [4.78, 5) is 0. The first-order valence-electron chi connectivity index (χ1n) is 4.10. The summed E-state index contributed by atoms with van der Waals surface area (Å²) in [5, 5.41) is 8.06. The molecule has 0 N–H and O–H groups in total. The Kier molecular flexibility index (Phi) is 1.98. The third-order valence-corrected chi connectivity index (χ3v) is 2.00. The summed E-state index contributed by atoms with van der Waals surface area (Å²) in [6, 6.07) is 6.00. The molecule has 1 aromatic heterocycles. The molecule has 0 amide bonds. The minimum Gasteiger partial charge on any atom is -0.362 e. The first kappa shape index (κ1) is 8.19. The van der Waals surface area contributed by atoms with Crippen molar-refractivity contribution in [3.8, 4) is 0 Å². The maximum atomic E-state index is 4.99. The fraction of sp³-hybridized carbons (Fsp3) is 0.333. The summed E-state index contributed by atoms with van der Waals surface area (Å²) in [6.45, 7) is 2.47. The van der Waals surface area contributed by atoms with Gasteiger partial charge < -0.3 is 4.74 Å². The number of aromatic nitrogens is 3. The highest BCUT2D eigenvalue weighted by Gasteiger charge is 2.04. The molecule has 0 aliphatic carbocycles. The zero-order valence-electron chi connectivity index (χ0n) is 7.69. The molecule has 0 bridgehead atoms. The Balaban J connectivity index is 2.61. The van der Waals surface area contributed by atoms with Gasteiger partial charge in [-0.15, -0.1) is 5.10 Å². The second kappa shape index (κ2) is 3.14. The molecule has 13 heavy (non-hydrogen) atoms. The molecule has 0 saturated carbocycles. The van der Waals surface area contributed by atoms with Crippen molar-refractivity contribution in [2.24, 2.45) is 0 Å². The lowest BCUT2D eigenvalue weighted by Gasteiger charge is -1.99. The van der Waals surface area contributed by atoms with Gasteiger partial charge in [0.1, 0.15) is 12.2 Å². The highest BCUT2D eigenvalue weighted by molar-refractivity contribution is 5.77. The number of hydrogen-bond acceptors (Lipinski definition) is 3. The van der Waals surface area contributed by atoms with E-state index in [-0.39, 0.29) is 0 Å². The lowest BCUT2D eigenvalue weighted by Crippen LogP contribution is -2.01. The summed E-state index contributed by atoms with van der Waals surface area (Å²) in [6.07, 6.45) is 0. The van der Waals surface area contributed by atoms with Crippen LogP contribution in [0.4, 0.5) is 0 Å². The van der Waals surface area contributed by atoms with Crippen LogP contribution in [0, 0.1) is 6.92 Å². The summed E-state index contributed by atoms with van der Waals surface area (Å²) in [7, 11) is 1.64. The fourth-order valence-corrected chi connectivity index (χ4v) is 1.35. The summed E-state index contributed by atoms with van der Waals surface area (Å²) in [5.74, 6) is 0. The van der Waals surface area contributed by atoms with E-state index in [1.165, 1.54) is 0 Å². The van der Waals surface area contributed by atoms with Crippen molar-refractivity contribution in [3.63, 3.8) is 0 Å². The van der Waals surface area contributed by atoms with Crippen molar-refractivity contribution < 1.29 is 4.74 Å². The number of ether oxygens (including phenoxy) is 1. The van der Waals surface area contributed by atoms with Gasteiger partial charge in [0.2, 0.25) is 0 Å². The molecule has 0 radical (unpaired) electrons. The van der Waals surface area contributed by atoms with E-state index in [1.807, 2.05) is 25.1 Å². The van der Waals surface area contributed by atoms with E-state index in [1.54, 1.807) is 11.8 Å². The predicted octanol–water partition coefficient (Wildman–Crippen LogP) is 1.34. The van der Waals surface area contributed by atoms with Crippen LogP contribution in [0.5, 0.6) is 0 Å². The van der Waals surface area contributed by atoms with Gasteiger partial charge >= 0.3 is 0 Å². The molecule has 0 spiro atoms. The van der Waals surface area contributed by atoms with E-state index in [9.17, 15) is 0 Å². The molecule has 0 aliphatic heterocycles. The van der Waals surface area contributed by atoms with E-state index in [0.29, 0.717) is 6.73 Å². The van der Waals surface area contributed by atoms with Crippen LogP contribution in [0.15, 0.2) is 18.2 Å². The molecule has 1 aromatic carbocycles. The molecular formula is C9H11N3O. The molecule has 2 aromatic rings. The van der Waals surface area contributed by atoms with E-state index < -0.39 is 0 Å². The number of methoxy groups -OCH3 is 1. The molecule has 0 aliphatic rings. The van der Waals surface area contributed by atoms with Gasteiger partial charge in [-0.1, -0.05) is 17.3 Å². The highest BCUT2D eigenvalue weighted by Crippen LogP contribution is 2.14. The second-order valence-corrected chi connectivity index (χ2v) is 2.95. The van der Waals surface area contributed by atoms with Crippen molar-refractivity contribution in [1.29, 1.82) is 0 Å². The molecule has 0 unspecified atom stereocenters. The van der Waals surface area contributed by atoms with Crippen LogP contribution < -0.4 is 0 Å². The van der Waals surface area contributed by atoms with Gasteiger partial charge in [0.25, 0.3) is 0 Å². The van der Waals surface area contributed by atoms with Crippen LogP contribution in [-0.4, -0.2) is 22.1 Å². The molecule has 68 valence electrons. The lowest BCUT2D eigenvalue weighted by molar-refractivity contribution is 0.122. The molecule has 0 saturated heterocycles. The van der Waals surface area contributed by atoms with Crippen LogP contribution in [0.1, 0.15) is 5.56 Å². The minimum atomic E-state index is 0.444. The Labute approximate surface area is 76.1 Å². The molecule has 0 atom stereocenters. The first-order chi connectivity index (χ1) is 6.33. The van der Waals surface area contributed by atoms with E-state index in [0.717, 1.165) is 16.6 Å². The van der Waals surface area contributed by atoms with Gasteiger partial charge in [-0.3, -0.25) is 0 Å². The van der Waals surface area contributed by atoms with Gasteiger partial charge in [0, 0.05) is 7.11 Å².